The number of aliphatic hydroxyl groups excluding tert-OH is 4. The Kier molecular flexibility index (Phi) is 30.4. The second-order valence-corrected chi connectivity index (χ2v) is 14.1. The molecule has 1 heterocycles. The highest BCUT2D eigenvalue weighted by Gasteiger charge is 2.44. The average molecular weight is 727 g/mol. The molecule has 0 bridgehead atoms. The molecule has 0 aromatic heterocycles. The van der Waals surface area contributed by atoms with Crippen LogP contribution in [0.1, 0.15) is 168 Å². The molecule has 0 aliphatic carbocycles. The summed E-state index contributed by atoms with van der Waals surface area (Å²) in [6, 6.07) is 0. The molecular weight excluding hydrogens is 652 g/mol. The van der Waals surface area contributed by atoms with Crippen LogP contribution >= 0.6 is 0 Å². The van der Waals surface area contributed by atoms with Gasteiger partial charge in [0, 0.05) is 12.8 Å². The van der Waals surface area contributed by atoms with Gasteiger partial charge in [-0.3, -0.25) is 9.59 Å². The smallest absolute Gasteiger partial charge is 0.306 e. The van der Waals surface area contributed by atoms with Crippen LogP contribution in [0.25, 0.3) is 0 Å². The van der Waals surface area contributed by atoms with Crippen LogP contribution < -0.4 is 0 Å². The summed E-state index contributed by atoms with van der Waals surface area (Å²) in [5.41, 5.74) is 0. The number of rotatable bonds is 33. The molecule has 0 radical (unpaired) electrons. The third kappa shape index (κ3) is 24.9. The highest BCUT2D eigenvalue weighted by atomic mass is 16.7. The van der Waals surface area contributed by atoms with Gasteiger partial charge in [-0.25, -0.2) is 0 Å². The van der Waals surface area contributed by atoms with Crippen molar-refractivity contribution in [3.63, 3.8) is 0 Å². The number of hydrogen-bond acceptors (Lipinski definition) is 10. The number of ether oxygens (including phenoxy) is 4. The lowest BCUT2D eigenvalue weighted by atomic mass is 9.99. The van der Waals surface area contributed by atoms with Crippen LogP contribution in [-0.4, -0.2) is 89.0 Å². The minimum absolute atomic E-state index is 0.219. The van der Waals surface area contributed by atoms with E-state index in [9.17, 15) is 30.0 Å². The lowest BCUT2D eigenvalue weighted by Crippen LogP contribution is -2.59. The molecule has 6 unspecified atom stereocenters. The molecule has 1 aliphatic rings. The van der Waals surface area contributed by atoms with Crippen LogP contribution in [0, 0.1) is 0 Å². The van der Waals surface area contributed by atoms with Gasteiger partial charge in [0.2, 0.25) is 0 Å². The fraction of sp³-hybridized carbons (Fsp3) is 0.854. The highest BCUT2D eigenvalue weighted by molar-refractivity contribution is 5.70. The van der Waals surface area contributed by atoms with E-state index in [1.165, 1.54) is 57.8 Å². The second kappa shape index (κ2) is 32.8. The van der Waals surface area contributed by atoms with Crippen molar-refractivity contribution >= 4 is 11.9 Å². The third-order valence-corrected chi connectivity index (χ3v) is 9.31. The van der Waals surface area contributed by atoms with Crippen molar-refractivity contribution in [2.75, 3.05) is 19.8 Å². The number of allylic oxidation sites excluding steroid dienone is 4. The summed E-state index contributed by atoms with van der Waals surface area (Å²) in [6.07, 6.45) is 26.1. The molecule has 51 heavy (non-hydrogen) atoms. The Morgan fingerprint density at radius 1 is 0.588 bits per heavy atom. The Hall–Kier alpha value is -1.82. The molecule has 1 aliphatic heterocycles. The van der Waals surface area contributed by atoms with E-state index in [1.807, 2.05) is 0 Å². The molecule has 0 spiro atoms. The molecule has 1 saturated heterocycles. The largest absolute Gasteiger partial charge is 0.462 e. The number of carbonyl (C=O) groups is 2. The van der Waals surface area contributed by atoms with E-state index in [-0.39, 0.29) is 32.0 Å². The maximum atomic E-state index is 12.7. The Balaban J connectivity index is 2.39. The zero-order chi connectivity index (χ0) is 37.4. The van der Waals surface area contributed by atoms with Gasteiger partial charge in [0.1, 0.15) is 31.0 Å². The van der Waals surface area contributed by atoms with E-state index < -0.39 is 49.4 Å². The van der Waals surface area contributed by atoms with Crippen LogP contribution in [0.15, 0.2) is 24.3 Å². The van der Waals surface area contributed by atoms with Crippen molar-refractivity contribution in [2.45, 2.75) is 205 Å². The molecule has 0 amide bonds. The minimum atomic E-state index is -1.59. The average Bonchev–Trinajstić information content (AvgIpc) is 3.13. The molecule has 10 nitrogen and oxygen atoms in total. The summed E-state index contributed by atoms with van der Waals surface area (Å²) in [5, 5.41) is 39.9. The van der Waals surface area contributed by atoms with Crippen LogP contribution in [-0.2, 0) is 28.5 Å². The zero-order valence-corrected chi connectivity index (χ0v) is 32.1. The van der Waals surface area contributed by atoms with E-state index >= 15 is 0 Å². The SMILES string of the molecule is CCCCCCC=CCCCCCCCC(=O)OCC(COC1OC(CO)C(O)C(O)C1O)OC(=O)CCCCCCCC=CCCCCCC. The molecule has 298 valence electrons. The molecule has 10 heteroatoms. The van der Waals surface area contributed by atoms with Crippen molar-refractivity contribution in [2.24, 2.45) is 0 Å². The summed E-state index contributed by atoms with van der Waals surface area (Å²) in [6.45, 7) is 3.36. The maximum Gasteiger partial charge on any atom is 0.306 e. The van der Waals surface area contributed by atoms with Gasteiger partial charge in [0.05, 0.1) is 13.2 Å². The Bertz CT molecular complexity index is 892. The monoisotopic (exact) mass is 727 g/mol. The first-order valence-electron chi connectivity index (χ1n) is 20.4. The van der Waals surface area contributed by atoms with Crippen LogP contribution in [0.5, 0.6) is 0 Å². The van der Waals surface area contributed by atoms with Gasteiger partial charge in [0.15, 0.2) is 12.4 Å². The maximum absolute atomic E-state index is 12.7. The van der Waals surface area contributed by atoms with Crippen molar-refractivity contribution < 1.29 is 49.0 Å². The first-order chi connectivity index (χ1) is 24.8. The number of aliphatic hydroxyl groups is 4. The van der Waals surface area contributed by atoms with Crippen molar-refractivity contribution in [3.8, 4) is 0 Å². The van der Waals surface area contributed by atoms with Crippen molar-refractivity contribution in [1.29, 1.82) is 0 Å². The van der Waals surface area contributed by atoms with E-state index in [4.69, 9.17) is 18.9 Å². The number of unbranched alkanes of at least 4 members (excludes halogenated alkanes) is 18. The number of hydrogen-bond donors (Lipinski definition) is 4. The lowest BCUT2D eigenvalue weighted by molar-refractivity contribution is -0.305. The summed E-state index contributed by atoms with van der Waals surface area (Å²) in [4.78, 5) is 25.2. The lowest BCUT2D eigenvalue weighted by Gasteiger charge is -2.39. The van der Waals surface area contributed by atoms with Gasteiger partial charge in [-0.05, 0) is 64.2 Å². The fourth-order valence-electron chi connectivity index (χ4n) is 6.00. The molecule has 0 aromatic carbocycles. The van der Waals surface area contributed by atoms with Gasteiger partial charge >= 0.3 is 11.9 Å². The van der Waals surface area contributed by atoms with Crippen LogP contribution in [0.4, 0.5) is 0 Å². The van der Waals surface area contributed by atoms with Gasteiger partial charge in [-0.1, -0.05) is 115 Å². The Labute approximate surface area is 309 Å². The first-order valence-corrected chi connectivity index (χ1v) is 20.4. The summed E-state index contributed by atoms with van der Waals surface area (Å²) < 4.78 is 22.1. The standard InChI is InChI=1S/C41H74O10/c1-3-5-7-9-11-13-15-17-19-21-23-25-27-29-36(43)48-32-34(33-49-41-40(47)39(46)38(45)35(31-42)51-41)50-37(44)30-28-26-24-22-20-18-16-14-12-10-8-6-4-2/h13-16,34-35,38-42,45-47H,3-12,17-33H2,1-2H3. The normalized spacial score (nSPS) is 21.4. The molecule has 0 saturated carbocycles. The highest BCUT2D eigenvalue weighted by Crippen LogP contribution is 2.22. The summed E-state index contributed by atoms with van der Waals surface area (Å²) >= 11 is 0. The van der Waals surface area contributed by atoms with Gasteiger partial charge < -0.3 is 39.4 Å². The Morgan fingerprint density at radius 2 is 1.04 bits per heavy atom. The molecule has 1 rings (SSSR count). The third-order valence-electron chi connectivity index (χ3n) is 9.31. The minimum Gasteiger partial charge on any atom is -0.462 e. The van der Waals surface area contributed by atoms with Gasteiger partial charge in [-0.15, -0.1) is 0 Å². The van der Waals surface area contributed by atoms with Crippen molar-refractivity contribution in [3.05, 3.63) is 24.3 Å². The van der Waals surface area contributed by atoms with Gasteiger partial charge in [0.25, 0.3) is 0 Å². The predicted octanol–water partition coefficient (Wildman–Crippen LogP) is 7.77. The molecule has 6 atom stereocenters. The molecule has 0 aromatic rings. The van der Waals surface area contributed by atoms with E-state index in [2.05, 4.69) is 38.2 Å². The zero-order valence-electron chi connectivity index (χ0n) is 32.1. The van der Waals surface area contributed by atoms with Crippen LogP contribution in [0.3, 0.4) is 0 Å². The first kappa shape index (κ1) is 47.2. The predicted molar refractivity (Wildman–Crippen MR) is 201 cm³/mol. The quantitative estimate of drug-likeness (QED) is 0.0300. The topological polar surface area (TPSA) is 152 Å². The number of carbonyl (C=O) groups excluding carboxylic acids is 2. The van der Waals surface area contributed by atoms with Gasteiger partial charge in [-0.2, -0.15) is 0 Å². The Morgan fingerprint density at radius 3 is 1.53 bits per heavy atom. The van der Waals surface area contributed by atoms with E-state index in [1.54, 1.807) is 0 Å². The summed E-state index contributed by atoms with van der Waals surface area (Å²) in [7, 11) is 0. The second-order valence-electron chi connectivity index (χ2n) is 14.1. The molecule has 4 N–H and O–H groups in total. The fourth-order valence-corrected chi connectivity index (χ4v) is 6.00. The van der Waals surface area contributed by atoms with Crippen LogP contribution in [0.2, 0.25) is 0 Å². The van der Waals surface area contributed by atoms with E-state index in [0.29, 0.717) is 12.8 Å². The van der Waals surface area contributed by atoms with Crippen molar-refractivity contribution in [1.82, 2.24) is 0 Å². The van der Waals surface area contributed by atoms with E-state index in [0.717, 1.165) is 70.6 Å². The molecule has 1 fully saturated rings. The number of esters is 2. The molecular formula is C41H74O10. The summed E-state index contributed by atoms with van der Waals surface area (Å²) in [5.74, 6) is -0.827.